The highest BCUT2D eigenvalue weighted by atomic mass is 32.1. The SMILES string of the molecule is Cc1nc2ccc(NC(=O)Cc3csc(NC(=O)c4cccs4)n3)cc2s1. The van der Waals surface area contributed by atoms with Crippen LogP contribution in [0.2, 0.25) is 0 Å². The van der Waals surface area contributed by atoms with Crippen LogP contribution in [-0.4, -0.2) is 21.8 Å². The van der Waals surface area contributed by atoms with Crippen LogP contribution in [0.5, 0.6) is 0 Å². The maximum absolute atomic E-state index is 12.3. The van der Waals surface area contributed by atoms with Crippen molar-refractivity contribution < 1.29 is 9.59 Å². The summed E-state index contributed by atoms with van der Waals surface area (Å²) in [4.78, 5) is 33.7. The van der Waals surface area contributed by atoms with E-state index in [0.717, 1.165) is 20.9 Å². The van der Waals surface area contributed by atoms with Gasteiger partial charge in [0.2, 0.25) is 5.91 Å². The van der Waals surface area contributed by atoms with Crippen LogP contribution in [0.4, 0.5) is 10.8 Å². The smallest absolute Gasteiger partial charge is 0.267 e. The van der Waals surface area contributed by atoms with Gasteiger partial charge in [0.1, 0.15) is 0 Å². The van der Waals surface area contributed by atoms with E-state index in [4.69, 9.17) is 0 Å². The molecule has 0 aliphatic heterocycles. The number of carbonyl (C=O) groups excluding carboxylic acids is 2. The molecule has 0 fully saturated rings. The molecule has 0 aliphatic carbocycles. The first-order valence-electron chi connectivity index (χ1n) is 8.03. The van der Waals surface area contributed by atoms with Gasteiger partial charge in [-0.05, 0) is 36.6 Å². The van der Waals surface area contributed by atoms with E-state index in [9.17, 15) is 9.59 Å². The summed E-state index contributed by atoms with van der Waals surface area (Å²) < 4.78 is 1.04. The summed E-state index contributed by atoms with van der Waals surface area (Å²) in [6.45, 7) is 1.96. The molecule has 0 saturated heterocycles. The fourth-order valence-corrected chi connectivity index (χ4v) is 4.69. The van der Waals surface area contributed by atoms with Crippen molar-refractivity contribution in [3.63, 3.8) is 0 Å². The maximum atomic E-state index is 12.3. The number of hydrogen-bond donors (Lipinski definition) is 2. The van der Waals surface area contributed by atoms with Crippen LogP contribution in [0, 0.1) is 6.92 Å². The molecule has 6 nitrogen and oxygen atoms in total. The summed E-state index contributed by atoms with van der Waals surface area (Å²) in [5, 5.41) is 10.7. The first-order valence-corrected chi connectivity index (χ1v) is 10.6. The number of hydrogen-bond acceptors (Lipinski definition) is 7. The van der Waals surface area contributed by atoms with Crippen LogP contribution in [-0.2, 0) is 11.2 Å². The summed E-state index contributed by atoms with van der Waals surface area (Å²) in [6, 6.07) is 9.24. The van der Waals surface area contributed by atoms with Crippen molar-refractivity contribution in [3.05, 3.63) is 56.7 Å². The summed E-state index contributed by atoms with van der Waals surface area (Å²) in [5.41, 5.74) is 2.28. The van der Waals surface area contributed by atoms with Crippen molar-refractivity contribution in [2.75, 3.05) is 10.6 Å². The van der Waals surface area contributed by atoms with Crippen molar-refractivity contribution in [2.24, 2.45) is 0 Å². The molecular weight excluding hydrogens is 400 g/mol. The monoisotopic (exact) mass is 414 g/mol. The summed E-state index contributed by atoms with van der Waals surface area (Å²) >= 11 is 4.26. The fraction of sp³-hybridized carbons (Fsp3) is 0.111. The highest BCUT2D eigenvalue weighted by Gasteiger charge is 2.12. The predicted octanol–water partition coefficient (Wildman–Crippen LogP) is 4.56. The van der Waals surface area contributed by atoms with Crippen LogP contribution in [0.25, 0.3) is 10.2 Å². The Morgan fingerprint density at radius 2 is 2.00 bits per heavy atom. The first kappa shape index (κ1) is 17.8. The quantitative estimate of drug-likeness (QED) is 0.502. The average molecular weight is 415 g/mol. The van der Waals surface area contributed by atoms with Crippen molar-refractivity contribution in [2.45, 2.75) is 13.3 Å². The standard InChI is InChI=1S/C18H14N4O2S3/c1-10-19-13-5-4-11(7-15(13)27-10)20-16(23)8-12-9-26-18(21-12)22-17(24)14-3-2-6-25-14/h2-7,9H,8H2,1H3,(H,20,23)(H,21,22,24). The molecule has 1 aromatic carbocycles. The van der Waals surface area contributed by atoms with Gasteiger partial charge in [0.05, 0.1) is 32.2 Å². The molecule has 0 spiro atoms. The second-order valence-electron chi connectivity index (χ2n) is 5.72. The van der Waals surface area contributed by atoms with E-state index in [0.29, 0.717) is 15.7 Å². The number of nitrogens with one attached hydrogen (secondary N) is 2. The Balaban J connectivity index is 1.37. The van der Waals surface area contributed by atoms with Gasteiger partial charge in [0, 0.05) is 11.1 Å². The Morgan fingerprint density at radius 3 is 2.81 bits per heavy atom. The Kier molecular flexibility index (Phi) is 4.97. The maximum Gasteiger partial charge on any atom is 0.267 e. The van der Waals surface area contributed by atoms with E-state index >= 15 is 0 Å². The minimum Gasteiger partial charge on any atom is -0.326 e. The van der Waals surface area contributed by atoms with E-state index in [-0.39, 0.29) is 18.2 Å². The zero-order valence-corrected chi connectivity index (χ0v) is 16.6. The number of fused-ring (bicyclic) bond motifs is 1. The molecule has 4 aromatic rings. The number of benzene rings is 1. The third-order valence-corrected chi connectivity index (χ3v) is 6.25. The molecule has 3 heterocycles. The molecule has 4 rings (SSSR count). The van der Waals surface area contributed by atoms with Gasteiger partial charge in [-0.25, -0.2) is 9.97 Å². The Labute approximate surface area is 166 Å². The minimum absolute atomic E-state index is 0.144. The second-order valence-corrected chi connectivity index (χ2v) is 8.76. The lowest BCUT2D eigenvalue weighted by atomic mass is 10.2. The third-order valence-electron chi connectivity index (χ3n) is 3.64. The van der Waals surface area contributed by atoms with Crippen LogP contribution >= 0.6 is 34.0 Å². The normalized spacial score (nSPS) is 10.9. The van der Waals surface area contributed by atoms with E-state index < -0.39 is 0 Å². The van der Waals surface area contributed by atoms with E-state index in [1.807, 2.05) is 36.6 Å². The van der Waals surface area contributed by atoms with Crippen molar-refractivity contribution in [1.82, 2.24) is 9.97 Å². The van der Waals surface area contributed by atoms with E-state index in [2.05, 4.69) is 20.6 Å². The van der Waals surface area contributed by atoms with Crippen LogP contribution in [0.15, 0.2) is 41.1 Å². The Bertz CT molecular complexity index is 1120. The predicted molar refractivity (Wildman–Crippen MR) is 111 cm³/mol. The first-order chi connectivity index (χ1) is 13.1. The molecule has 27 heavy (non-hydrogen) atoms. The summed E-state index contributed by atoms with van der Waals surface area (Å²) in [5.74, 6) is -0.347. The second kappa shape index (κ2) is 7.55. The van der Waals surface area contributed by atoms with Gasteiger partial charge >= 0.3 is 0 Å². The molecule has 0 saturated carbocycles. The molecule has 136 valence electrons. The van der Waals surface area contributed by atoms with Gasteiger partial charge in [-0.1, -0.05) is 6.07 Å². The van der Waals surface area contributed by atoms with Crippen molar-refractivity contribution >= 4 is 66.9 Å². The number of thiophene rings is 1. The molecule has 0 aliphatic rings. The number of thiazole rings is 2. The topological polar surface area (TPSA) is 84.0 Å². The molecule has 9 heteroatoms. The molecule has 0 unspecified atom stereocenters. The number of carbonyl (C=O) groups is 2. The van der Waals surface area contributed by atoms with Crippen molar-refractivity contribution in [3.8, 4) is 0 Å². The van der Waals surface area contributed by atoms with Gasteiger partial charge in [-0.3, -0.25) is 14.9 Å². The van der Waals surface area contributed by atoms with E-state index in [1.165, 1.54) is 22.7 Å². The van der Waals surface area contributed by atoms with Gasteiger partial charge < -0.3 is 5.32 Å². The molecular formula is C18H14N4O2S3. The lowest BCUT2D eigenvalue weighted by Gasteiger charge is -2.04. The Hall–Kier alpha value is -2.62. The molecule has 0 radical (unpaired) electrons. The number of anilines is 2. The largest absolute Gasteiger partial charge is 0.326 e. The zero-order chi connectivity index (χ0) is 18.8. The number of aromatic nitrogens is 2. The van der Waals surface area contributed by atoms with Gasteiger partial charge in [0.15, 0.2) is 5.13 Å². The van der Waals surface area contributed by atoms with Crippen LogP contribution in [0.1, 0.15) is 20.4 Å². The molecule has 3 aromatic heterocycles. The van der Waals surface area contributed by atoms with Crippen LogP contribution in [0.3, 0.4) is 0 Å². The summed E-state index contributed by atoms with van der Waals surface area (Å²) in [6.07, 6.45) is 0.144. The minimum atomic E-state index is -0.191. The highest BCUT2D eigenvalue weighted by Crippen LogP contribution is 2.25. The Morgan fingerprint density at radius 1 is 1.11 bits per heavy atom. The number of aryl methyl sites for hydroxylation is 1. The highest BCUT2D eigenvalue weighted by molar-refractivity contribution is 7.18. The van der Waals surface area contributed by atoms with E-state index in [1.54, 1.807) is 22.8 Å². The molecule has 2 amide bonds. The lowest BCUT2D eigenvalue weighted by Crippen LogP contribution is -2.15. The fourth-order valence-electron chi connectivity index (χ4n) is 2.50. The molecule has 0 bridgehead atoms. The number of rotatable bonds is 5. The molecule has 0 atom stereocenters. The van der Waals surface area contributed by atoms with Crippen LogP contribution < -0.4 is 10.6 Å². The van der Waals surface area contributed by atoms with Crippen molar-refractivity contribution in [1.29, 1.82) is 0 Å². The average Bonchev–Trinajstić information content (AvgIpc) is 3.34. The summed E-state index contributed by atoms with van der Waals surface area (Å²) in [7, 11) is 0. The molecule has 2 N–H and O–H groups in total. The van der Waals surface area contributed by atoms with Gasteiger partial charge in [-0.2, -0.15) is 0 Å². The third kappa shape index (κ3) is 4.21. The number of amides is 2. The lowest BCUT2D eigenvalue weighted by molar-refractivity contribution is -0.115. The van der Waals surface area contributed by atoms with Gasteiger partial charge in [0.25, 0.3) is 5.91 Å². The van der Waals surface area contributed by atoms with Gasteiger partial charge in [-0.15, -0.1) is 34.0 Å². The number of nitrogens with zero attached hydrogens (tertiary/aromatic N) is 2. The zero-order valence-electron chi connectivity index (χ0n) is 14.2.